The Balaban J connectivity index is 1.62. The quantitative estimate of drug-likeness (QED) is 0.252. The molecule has 168 valence electrons. The monoisotopic (exact) mass is 461 g/mol. The maximum absolute atomic E-state index is 13.1. The molecular weight excluding hydrogens is 438 g/mol. The van der Waals surface area contributed by atoms with Crippen LogP contribution in [0.4, 0.5) is 5.69 Å². The van der Waals surface area contributed by atoms with Crippen LogP contribution in [-0.4, -0.2) is 33.8 Å². The lowest BCUT2D eigenvalue weighted by atomic mass is 10.1. The van der Waals surface area contributed by atoms with E-state index in [1.165, 1.54) is 23.4 Å². The third kappa shape index (κ3) is 4.90. The Morgan fingerprint density at radius 1 is 1.03 bits per heavy atom. The number of methoxy groups -OCH3 is 1. The molecule has 1 amide bonds. The molecule has 4 aromatic rings. The van der Waals surface area contributed by atoms with Crippen LogP contribution in [0.15, 0.2) is 76.7 Å². The minimum absolute atomic E-state index is 0.0283. The molecule has 3 aromatic carbocycles. The number of para-hydroxylation sites is 1. The molecule has 0 spiro atoms. The molecule has 0 aliphatic carbocycles. The highest BCUT2D eigenvalue weighted by Crippen LogP contribution is 2.27. The van der Waals surface area contributed by atoms with Gasteiger partial charge in [-0.25, -0.2) is 4.98 Å². The summed E-state index contributed by atoms with van der Waals surface area (Å²) in [6, 6.07) is 20.6. The van der Waals surface area contributed by atoms with E-state index >= 15 is 0 Å². The number of rotatable bonds is 7. The minimum atomic E-state index is -0.540. The van der Waals surface area contributed by atoms with Gasteiger partial charge in [-0.1, -0.05) is 60.3 Å². The Hall–Kier alpha value is -3.65. The molecule has 1 heterocycles. The summed E-state index contributed by atoms with van der Waals surface area (Å²) in [5.74, 6) is -0.633. The van der Waals surface area contributed by atoms with Gasteiger partial charge in [0.15, 0.2) is 5.16 Å². The number of hydrogen-bond acceptors (Lipinski definition) is 6. The number of carbonyl (C=O) groups excluding carboxylic acids is 2. The van der Waals surface area contributed by atoms with Gasteiger partial charge >= 0.3 is 5.97 Å². The standard InChI is InChI=1S/C25H23N3O4S/c1-16(23(30)26-20-13-7-9-17-8-3-4-10-18(17)20)33-25-27-21-12-6-5-11-19(21)24(31)28(25)15-14-22(29)32-2/h3-13,16H,14-15H2,1-2H3,(H,26,30)/t16-/m1/s1. The molecule has 0 bridgehead atoms. The van der Waals surface area contributed by atoms with Crippen molar-refractivity contribution in [1.29, 1.82) is 0 Å². The highest BCUT2D eigenvalue weighted by Gasteiger charge is 2.20. The van der Waals surface area contributed by atoms with Crippen molar-refractivity contribution in [2.45, 2.75) is 30.3 Å². The van der Waals surface area contributed by atoms with Crippen LogP contribution in [0.1, 0.15) is 13.3 Å². The lowest BCUT2D eigenvalue weighted by Crippen LogP contribution is -2.28. The van der Waals surface area contributed by atoms with Gasteiger partial charge in [0.1, 0.15) is 0 Å². The molecule has 4 rings (SSSR count). The van der Waals surface area contributed by atoms with Crippen LogP contribution >= 0.6 is 11.8 Å². The summed E-state index contributed by atoms with van der Waals surface area (Å²) in [6.45, 7) is 1.88. The molecule has 0 saturated heterocycles. The van der Waals surface area contributed by atoms with E-state index in [1.807, 2.05) is 42.5 Å². The maximum Gasteiger partial charge on any atom is 0.307 e. The molecule has 0 aliphatic heterocycles. The highest BCUT2D eigenvalue weighted by molar-refractivity contribution is 8.00. The van der Waals surface area contributed by atoms with Crippen molar-refractivity contribution in [3.8, 4) is 0 Å². The van der Waals surface area contributed by atoms with Crippen molar-refractivity contribution >= 4 is 51.0 Å². The summed E-state index contributed by atoms with van der Waals surface area (Å²) in [5, 5.41) is 5.26. The molecule has 1 atom stereocenters. The van der Waals surface area contributed by atoms with Gasteiger partial charge in [0, 0.05) is 17.6 Å². The molecule has 0 aliphatic rings. The smallest absolute Gasteiger partial charge is 0.307 e. The third-order valence-electron chi connectivity index (χ3n) is 5.29. The van der Waals surface area contributed by atoms with E-state index in [4.69, 9.17) is 4.74 Å². The fourth-order valence-corrected chi connectivity index (χ4v) is 4.46. The summed E-state index contributed by atoms with van der Waals surface area (Å²) in [5.41, 5.74) is 1.01. The Morgan fingerprint density at radius 3 is 2.52 bits per heavy atom. The summed E-state index contributed by atoms with van der Waals surface area (Å²) in [6.07, 6.45) is 0.0283. The Bertz CT molecular complexity index is 1390. The minimum Gasteiger partial charge on any atom is -0.469 e. The van der Waals surface area contributed by atoms with E-state index in [9.17, 15) is 14.4 Å². The topological polar surface area (TPSA) is 90.3 Å². The molecule has 8 heteroatoms. The van der Waals surface area contributed by atoms with Gasteiger partial charge in [0.25, 0.3) is 5.56 Å². The average molecular weight is 462 g/mol. The number of benzene rings is 3. The average Bonchev–Trinajstić information content (AvgIpc) is 2.83. The number of thioether (sulfide) groups is 1. The number of anilines is 1. The Labute approximate surface area is 194 Å². The predicted molar refractivity (Wildman–Crippen MR) is 131 cm³/mol. The van der Waals surface area contributed by atoms with Gasteiger partial charge in [-0.2, -0.15) is 0 Å². The fraction of sp³-hybridized carbons (Fsp3) is 0.200. The van der Waals surface area contributed by atoms with Crippen molar-refractivity contribution in [2.24, 2.45) is 0 Å². The van der Waals surface area contributed by atoms with Crippen LogP contribution in [-0.2, 0) is 20.9 Å². The number of nitrogens with zero attached hydrogens (tertiary/aromatic N) is 2. The Morgan fingerprint density at radius 2 is 1.73 bits per heavy atom. The van der Waals surface area contributed by atoms with E-state index in [-0.39, 0.29) is 24.4 Å². The normalized spacial score (nSPS) is 11.9. The summed E-state index contributed by atoms with van der Waals surface area (Å²) >= 11 is 1.18. The van der Waals surface area contributed by atoms with Crippen molar-refractivity contribution in [3.05, 3.63) is 77.1 Å². The van der Waals surface area contributed by atoms with E-state index < -0.39 is 11.2 Å². The summed E-state index contributed by atoms with van der Waals surface area (Å²) in [7, 11) is 1.30. The van der Waals surface area contributed by atoms with Crippen molar-refractivity contribution in [1.82, 2.24) is 9.55 Å². The van der Waals surface area contributed by atoms with Crippen LogP contribution in [0, 0.1) is 0 Å². The second-order valence-corrected chi connectivity index (χ2v) is 8.78. The van der Waals surface area contributed by atoms with Crippen molar-refractivity contribution < 1.29 is 14.3 Å². The van der Waals surface area contributed by atoms with E-state index in [0.29, 0.717) is 16.1 Å². The van der Waals surface area contributed by atoms with Crippen molar-refractivity contribution in [3.63, 3.8) is 0 Å². The number of amides is 1. The predicted octanol–water partition coefficient (Wildman–Crippen LogP) is 4.23. The zero-order valence-electron chi connectivity index (χ0n) is 18.3. The van der Waals surface area contributed by atoms with E-state index in [0.717, 1.165) is 16.5 Å². The molecule has 33 heavy (non-hydrogen) atoms. The van der Waals surface area contributed by atoms with Gasteiger partial charge in [0.2, 0.25) is 5.91 Å². The second kappa shape index (κ2) is 9.87. The van der Waals surface area contributed by atoms with Crippen molar-refractivity contribution in [2.75, 3.05) is 12.4 Å². The highest BCUT2D eigenvalue weighted by atomic mass is 32.2. The number of fused-ring (bicyclic) bond motifs is 2. The largest absolute Gasteiger partial charge is 0.469 e. The second-order valence-electron chi connectivity index (χ2n) is 7.47. The van der Waals surface area contributed by atoms with Gasteiger partial charge < -0.3 is 10.1 Å². The van der Waals surface area contributed by atoms with Gasteiger partial charge in [0.05, 0.1) is 29.7 Å². The van der Waals surface area contributed by atoms with Gasteiger partial charge in [-0.05, 0) is 30.5 Å². The zero-order chi connectivity index (χ0) is 23.4. The molecule has 0 saturated carbocycles. The first-order chi connectivity index (χ1) is 16.0. The fourth-order valence-electron chi connectivity index (χ4n) is 3.52. The first-order valence-corrected chi connectivity index (χ1v) is 11.4. The van der Waals surface area contributed by atoms with Crippen LogP contribution in [0.2, 0.25) is 0 Å². The van der Waals surface area contributed by atoms with Crippen LogP contribution < -0.4 is 10.9 Å². The lowest BCUT2D eigenvalue weighted by molar-refractivity contribution is -0.140. The first-order valence-electron chi connectivity index (χ1n) is 10.5. The number of carbonyl (C=O) groups is 2. The molecule has 0 unspecified atom stereocenters. The number of hydrogen-bond donors (Lipinski definition) is 1. The van der Waals surface area contributed by atoms with E-state index in [1.54, 1.807) is 31.2 Å². The zero-order valence-corrected chi connectivity index (χ0v) is 19.1. The number of nitrogens with one attached hydrogen (secondary N) is 1. The lowest BCUT2D eigenvalue weighted by Gasteiger charge is -2.17. The van der Waals surface area contributed by atoms with Gasteiger partial charge in [-0.3, -0.25) is 19.0 Å². The van der Waals surface area contributed by atoms with Crippen LogP contribution in [0.25, 0.3) is 21.7 Å². The van der Waals surface area contributed by atoms with Crippen LogP contribution in [0.3, 0.4) is 0 Å². The molecule has 1 N–H and O–H groups in total. The number of esters is 1. The molecule has 7 nitrogen and oxygen atoms in total. The molecule has 0 radical (unpaired) electrons. The maximum atomic E-state index is 13.1. The summed E-state index contributed by atoms with van der Waals surface area (Å²) in [4.78, 5) is 42.4. The molecule has 1 aromatic heterocycles. The Kier molecular flexibility index (Phi) is 6.74. The van der Waals surface area contributed by atoms with Gasteiger partial charge in [-0.15, -0.1) is 0 Å². The SMILES string of the molecule is COC(=O)CCn1c(S[C@H](C)C(=O)Nc2cccc3ccccc23)nc2ccccc2c1=O. The molecule has 0 fully saturated rings. The number of aromatic nitrogens is 2. The van der Waals surface area contributed by atoms with Crippen LogP contribution in [0.5, 0.6) is 0 Å². The first kappa shape index (κ1) is 22.5. The molecular formula is C25H23N3O4S. The van der Waals surface area contributed by atoms with E-state index in [2.05, 4.69) is 10.3 Å². The summed E-state index contributed by atoms with van der Waals surface area (Å²) < 4.78 is 6.15. The number of ether oxygens (including phenoxy) is 1. The third-order valence-corrected chi connectivity index (χ3v) is 6.38.